The molecule has 2 aromatic rings. The van der Waals surface area contributed by atoms with Crippen LogP contribution < -0.4 is 39.4 Å². The van der Waals surface area contributed by atoms with E-state index in [-0.39, 0.29) is 51.7 Å². The Morgan fingerprint density at radius 2 is 1.67 bits per heavy atom. The zero-order valence-electron chi connectivity index (χ0n) is 16.0. The van der Waals surface area contributed by atoms with Crippen molar-refractivity contribution in [2.75, 3.05) is 0 Å². The van der Waals surface area contributed by atoms with E-state index in [4.69, 9.17) is 4.74 Å². The van der Waals surface area contributed by atoms with Gasteiger partial charge in [-0.05, 0) is 36.6 Å². The maximum atomic E-state index is 11.7. The summed E-state index contributed by atoms with van der Waals surface area (Å²) in [5.74, 6) is 0.108. The van der Waals surface area contributed by atoms with E-state index < -0.39 is 10.1 Å². The molecular formula is C20H25NaO5S. The van der Waals surface area contributed by atoms with Crippen LogP contribution in [0.1, 0.15) is 51.0 Å². The molecule has 0 heterocycles. The fourth-order valence-electron chi connectivity index (χ4n) is 2.83. The molecule has 0 aromatic heterocycles. The normalized spacial score (nSPS) is 11.0. The van der Waals surface area contributed by atoms with Gasteiger partial charge in [0.15, 0.2) is 5.75 Å². The van der Waals surface area contributed by atoms with E-state index in [0.717, 1.165) is 19.3 Å². The molecule has 27 heavy (non-hydrogen) atoms. The number of unbranched alkanes of at least 4 members (excludes halogenated alkanes) is 5. The van der Waals surface area contributed by atoms with Gasteiger partial charge in [0.2, 0.25) is 0 Å². The molecule has 0 aliphatic rings. The van der Waals surface area contributed by atoms with E-state index in [1.54, 1.807) is 24.3 Å². The summed E-state index contributed by atoms with van der Waals surface area (Å²) in [6.45, 7) is 2.17. The van der Waals surface area contributed by atoms with Crippen molar-refractivity contribution >= 4 is 10.1 Å². The van der Waals surface area contributed by atoms with Crippen molar-refractivity contribution in [2.45, 2.75) is 56.8 Å². The average molecular weight is 400 g/mol. The Bertz CT molecular complexity index is 821. The van der Waals surface area contributed by atoms with Crippen molar-refractivity contribution in [3.8, 4) is 17.2 Å². The van der Waals surface area contributed by atoms with Gasteiger partial charge in [-0.3, -0.25) is 4.55 Å². The van der Waals surface area contributed by atoms with E-state index in [1.165, 1.54) is 37.5 Å². The molecule has 0 aliphatic carbocycles. The number of aryl methyl sites for hydroxylation is 1. The van der Waals surface area contributed by atoms with Crippen molar-refractivity contribution in [1.29, 1.82) is 0 Å². The summed E-state index contributed by atoms with van der Waals surface area (Å²) in [6.07, 6.45) is 7.33. The summed E-state index contributed by atoms with van der Waals surface area (Å²) in [6, 6.07) is 10.5. The number of rotatable bonds is 10. The molecular weight excluding hydrogens is 375 g/mol. The van der Waals surface area contributed by atoms with E-state index in [9.17, 15) is 18.1 Å². The summed E-state index contributed by atoms with van der Waals surface area (Å²) in [5.41, 5.74) is 0.701. The van der Waals surface area contributed by atoms with E-state index in [0.29, 0.717) is 12.0 Å². The largest absolute Gasteiger partial charge is 1.00 e. The predicted molar refractivity (Wildman–Crippen MR) is 99.3 cm³/mol. The second-order valence-electron chi connectivity index (χ2n) is 6.31. The molecule has 0 atom stereocenters. The van der Waals surface area contributed by atoms with Crippen LogP contribution in [-0.4, -0.2) is 13.0 Å². The molecule has 0 unspecified atom stereocenters. The number of benzene rings is 2. The molecule has 1 N–H and O–H groups in total. The first kappa shape index (κ1) is 24.0. The van der Waals surface area contributed by atoms with Crippen molar-refractivity contribution < 1.29 is 52.4 Å². The van der Waals surface area contributed by atoms with Gasteiger partial charge in [0.05, 0.1) is 0 Å². The van der Waals surface area contributed by atoms with Crippen LogP contribution in [0.4, 0.5) is 0 Å². The Morgan fingerprint density at radius 1 is 1.00 bits per heavy atom. The van der Waals surface area contributed by atoms with Crippen LogP contribution in [0.2, 0.25) is 0 Å². The quantitative estimate of drug-likeness (QED) is 0.373. The van der Waals surface area contributed by atoms with Gasteiger partial charge in [0.25, 0.3) is 10.1 Å². The Hall–Kier alpha value is -1.05. The molecule has 0 aliphatic heterocycles. The molecule has 0 amide bonds. The van der Waals surface area contributed by atoms with Gasteiger partial charge in [0.1, 0.15) is 10.6 Å². The molecule has 0 saturated heterocycles. The first-order valence-corrected chi connectivity index (χ1v) is 10.4. The van der Waals surface area contributed by atoms with E-state index in [2.05, 4.69) is 6.92 Å². The van der Waals surface area contributed by atoms with Crippen LogP contribution in [0.3, 0.4) is 0 Å². The van der Waals surface area contributed by atoms with Crippen molar-refractivity contribution in [1.82, 2.24) is 0 Å². The minimum atomic E-state index is -4.43. The molecule has 0 spiro atoms. The molecule has 0 bridgehead atoms. The summed E-state index contributed by atoms with van der Waals surface area (Å²) >= 11 is 0. The van der Waals surface area contributed by atoms with Crippen molar-refractivity contribution in [3.05, 3.63) is 48.0 Å². The molecule has 0 saturated carbocycles. The van der Waals surface area contributed by atoms with Crippen molar-refractivity contribution in [2.24, 2.45) is 0 Å². The molecule has 142 valence electrons. The van der Waals surface area contributed by atoms with Crippen LogP contribution in [0, 0.1) is 0 Å². The molecule has 0 fully saturated rings. The maximum absolute atomic E-state index is 11.7. The summed E-state index contributed by atoms with van der Waals surface area (Å²) in [5, 5.41) is 11.5. The van der Waals surface area contributed by atoms with Crippen LogP contribution in [-0.2, 0) is 16.5 Å². The zero-order valence-corrected chi connectivity index (χ0v) is 18.8. The SMILES string of the molecule is CCCCCCCCc1cccc(S(=O)(=O)O)c1Oc1cccc([O-])c1.[Na+]. The second kappa shape index (κ2) is 11.7. The van der Waals surface area contributed by atoms with Gasteiger partial charge in [-0.15, -0.1) is 5.75 Å². The molecule has 2 rings (SSSR count). The van der Waals surface area contributed by atoms with E-state index >= 15 is 0 Å². The molecule has 5 nitrogen and oxygen atoms in total. The van der Waals surface area contributed by atoms with Gasteiger partial charge in [-0.2, -0.15) is 8.42 Å². The summed E-state index contributed by atoms with van der Waals surface area (Å²) < 4.78 is 38.7. The number of ether oxygens (including phenoxy) is 1. The number of hydrogen-bond acceptors (Lipinski definition) is 4. The fraction of sp³-hybridized carbons (Fsp3) is 0.400. The Labute approximate surface area is 183 Å². The first-order chi connectivity index (χ1) is 12.4. The van der Waals surface area contributed by atoms with Crippen LogP contribution >= 0.6 is 0 Å². The smallest absolute Gasteiger partial charge is 0.872 e. The van der Waals surface area contributed by atoms with E-state index in [1.807, 2.05) is 0 Å². The van der Waals surface area contributed by atoms with Gasteiger partial charge < -0.3 is 9.84 Å². The molecule has 2 aromatic carbocycles. The Balaban J connectivity index is 0.00000364. The third-order valence-electron chi connectivity index (χ3n) is 4.16. The van der Waals surface area contributed by atoms with Crippen LogP contribution in [0.5, 0.6) is 17.2 Å². The van der Waals surface area contributed by atoms with Crippen LogP contribution in [0.15, 0.2) is 47.4 Å². The maximum Gasteiger partial charge on any atom is 1.00 e. The van der Waals surface area contributed by atoms with Gasteiger partial charge >= 0.3 is 29.6 Å². The minimum absolute atomic E-state index is 0. The summed E-state index contributed by atoms with van der Waals surface area (Å²) in [7, 11) is -4.43. The second-order valence-corrected chi connectivity index (χ2v) is 7.70. The third kappa shape index (κ3) is 7.84. The first-order valence-electron chi connectivity index (χ1n) is 8.96. The number of hydrogen-bond donors (Lipinski definition) is 1. The fourth-order valence-corrected chi connectivity index (χ4v) is 3.49. The predicted octanol–water partition coefficient (Wildman–Crippen LogP) is 1.71. The average Bonchev–Trinajstić information content (AvgIpc) is 2.58. The van der Waals surface area contributed by atoms with Gasteiger partial charge in [-0.1, -0.05) is 63.3 Å². The topological polar surface area (TPSA) is 86.7 Å². The Morgan fingerprint density at radius 3 is 2.33 bits per heavy atom. The summed E-state index contributed by atoms with van der Waals surface area (Å²) in [4.78, 5) is -0.280. The van der Waals surface area contributed by atoms with Crippen LogP contribution in [0.25, 0.3) is 0 Å². The monoisotopic (exact) mass is 400 g/mol. The standard InChI is InChI=1S/C20H26O5S.Na/c1-2-3-4-5-6-7-10-16-11-8-14-19(26(22,23)24)20(16)25-18-13-9-12-17(21)15-18;/h8-9,11-15,21H,2-7,10H2,1H3,(H,22,23,24);/q;+1/p-1. The minimum Gasteiger partial charge on any atom is -0.872 e. The molecule has 0 radical (unpaired) electrons. The van der Waals surface area contributed by atoms with Crippen molar-refractivity contribution in [3.63, 3.8) is 0 Å². The number of para-hydroxylation sites is 1. The third-order valence-corrected chi connectivity index (χ3v) is 5.04. The van der Waals surface area contributed by atoms with Gasteiger partial charge in [-0.25, -0.2) is 0 Å². The zero-order chi connectivity index (χ0) is 19.0. The van der Waals surface area contributed by atoms with Gasteiger partial charge in [0, 0.05) is 0 Å². The molecule has 7 heteroatoms. The Kier molecular flexibility index (Phi) is 10.4.